The van der Waals surface area contributed by atoms with Crippen molar-refractivity contribution in [3.8, 4) is 11.8 Å². The summed E-state index contributed by atoms with van der Waals surface area (Å²) in [6, 6.07) is 8.89. The zero-order valence-corrected chi connectivity index (χ0v) is 12.8. The molecule has 0 radical (unpaired) electrons. The number of hydrogen-bond donors (Lipinski definition) is 2. The molecular formula is C17H17N3O3. The summed E-state index contributed by atoms with van der Waals surface area (Å²) in [5, 5.41) is 5.30. The van der Waals surface area contributed by atoms with E-state index in [1.54, 1.807) is 24.3 Å². The maximum Gasteiger partial charge on any atom is 0.289 e. The van der Waals surface area contributed by atoms with Crippen LogP contribution in [0.15, 0.2) is 41.1 Å². The summed E-state index contributed by atoms with van der Waals surface area (Å²) in [6.07, 6.45) is 1.87. The molecule has 0 unspecified atom stereocenters. The number of benzene rings is 1. The molecule has 0 bridgehead atoms. The maximum absolute atomic E-state index is 11.8. The van der Waals surface area contributed by atoms with Crippen molar-refractivity contribution < 1.29 is 14.0 Å². The third-order valence-corrected chi connectivity index (χ3v) is 3.02. The van der Waals surface area contributed by atoms with Crippen LogP contribution in [0.2, 0.25) is 0 Å². The number of aromatic nitrogens is 1. The quantitative estimate of drug-likeness (QED) is 0.818. The largest absolute Gasteiger partial charge is 0.438 e. The summed E-state index contributed by atoms with van der Waals surface area (Å²) in [6.45, 7) is 2.28. The molecule has 1 aromatic heterocycles. The monoisotopic (exact) mass is 311 g/mol. The number of nitrogens with zero attached hydrogens (tertiary/aromatic N) is 1. The highest BCUT2D eigenvalue weighted by Gasteiger charge is 2.14. The van der Waals surface area contributed by atoms with E-state index in [0.29, 0.717) is 17.7 Å². The van der Waals surface area contributed by atoms with E-state index >= 15 is 0 Å². The van der Waals surface area contributed by atoms with Gasteiger partial charge in [0.05, 0.1) is 18.8 Å². The van der Waals surface area contributed by atoms with Crippen LogP contribution in [0.4, 0.5) is 0 Å². The fourth-order valence-corrected chi connectivity index (χ4v) is 1.85. The molecule has 0 atom stereocenters. The molecule has 1 aromatic carbocycles. The van der Waals surface area contributed by atoms with Crippen molar-refractivity contribution >= 4 is 11.8 Å². The van der Waals surface area contributed by atoms with Crippen LogP contribution in [0.25, 0.3) is 0 Å². The van der Waals surface area contributed by atoms with E-state index in [-0.39, 0.29) is 30.7 Å². The minimum Gasteiger partial charge on any atom is -0.438 e. The van der Waals surface area contributed by atoms with Crippen LogP contribution in [0.5, 0.6) is 0 Å². The number of amides is 2. The molecule has 0 spiro atoms. The van der Waals surface area contributed by atoms with Gasteiger partial charge in [-0.05, 0) is 18.6 Å². The number of rotatable bonds is 5. The van der Waals surface area contributed by atoms with Crippen LogP contribution in [0.3, 0.4) is 0 Å². The van der Waals surface area contributed by atoms with Gasteiger partial charge in [-0.25, -0.2) is 4.98 Å². The Labute approximate surface area is 134 Å². The van der Waals surface area contributed by atoms with Crippen molar-refractivity contribution in [3.05, 3.63) is 53.7 Å². The lowest BCUT2D eigenvalue weighted by molar-refractivity contribution is 0.0927. The van der Waals surface area contributed by atoms with Crippen molar-refractivity contribution in [2.75, 3.05) is 13.1 Å². The molecule has 0 saturated carbocycles. The summed E-state index contributed by atoms with van der Waals surface area (Å²) in [7, 11) is 0. The van der Waals surface area contributed by atoms with Gasteiger partial charge in [-0.1, -0.05) is 37.0 Å². The van der Waals surface area contributed by atoms with E-state index in [1.165, 1.54) is 6.39 Å². The minimum atomic E-state index is -0.345. The molecule has 0 aliphatic rings. The first kappa shape index (κ1) is 16.3. The predicted molar refractivity (Wildman–Crippen MR) is 84.8 cm³/mol. The Morgan fingerprint density at radius 2 is 1.74 bits per heavy atom. The van der Waals surface area contributed by atoms with Crippen LogP contribution < -0.4 is 10.6 Å². The Kier molecular flexibility index (Phi) is 5.95. The van der Waals surface area contributed by atoms with E-state index < -0.39 is 0 Å². The summed E-state index contributed by atoms with van der Waals surface area (Å²) in [5.74, 6) is 5.22. The molecule has 0 aliphatic carbocycles. The van der Waals surface area contributed by atoms with Crippen molar-refractivity contribution in [1.29, 1.82) is 0 Å². The molecule has 2 rings (SSSR count). The highest BCUT2D eigenvalue weighted by atomic mass is 16.3. The van der Waals surface area contributed by atoms with E-state index in [0.717, 1.165) is 0 Å². The molecule has 0 fully saturated rings. The molecule has 2 aromatic rings. The van der Waals surface area contributed by atoms with E-state index in [4.69, 9.17) is 4.42 Å². The molecule has 0 saturated heterocycles. The molecule has 6 heteroatoms. The highest BCUT2D eigenvalue weighted by molar-refractivity contribution is 5.94. The molecule has 6 nitrogen and oxygen atoms in total. The fraction of sp³-hybridized carbons (Fsp3) is 0.235. The first-order chi connectivity index (χ1) is 11.2. The molecule has 23 heavy (non-hydrogen) atoms. The van der Waals surface area contributed by atoms with Crippen LogP contribution in [-0.4, -0.2) is 29.9 Å². The summed E-state index contributed by atoms with van der Waals surface area (Å²) in [4.78, 5) is 27.5. The molecule has 118 valence electrons. The van der Waals surface area contributed by atoms with Gasteiger partial charge in [0.1, 0.15) is 0 Å². The minimum absolute atomic E-state index is 0.171. The molecule has 2 N–H and O–H groups in total. The lowest BCUT2D eigenvalue weighted by atomic mass is 10.2. The molecular weight excluding hydrogens is 294 g/mol. The number of carbonyl (C=O) groups excluding carboxylic acids is 2. The van der Waals surface area contributed by atoms with Crippen molar-refractivity contribution in [1.82, 2.24) is 15.6 Å². The van der Waals surface area contributed by atoms with Crippen molar-refractivity contribution in [2.45, 2.75) is 13.3 Å². The third kappa shape index (κ3) is 4.71. The number of hydrogen-bond acceptors (Lipinski definition) is 4. The Morgan fingerprint density at radius 3 is 2.39 bits per heavy atom. The standard InChI is InChI=1S/C17H17N3O3/c1-2-14-15(23-12-20-14)17(22)19-11-7-6-10-18-16(21)13-8-4-3-5-9-13/h3-5,8-9,12H,2,10-11H2,1H3,(H,18,21)(H,19,22). The second-order valence-electron chi connectivity index (χ2n) is 4.57. The number of oxazole rings is 1. The fourth-order valence-electron chi connectivity index (χ4n) is 1.85. The van der Waals surface area contributed by atoms with Gasteiger partial charge in [0, 0.05) is 5.56 Å². The van der Waals surface area contributed by atoms with Crippen molar-refractivity contribution in [2.24, 2.45) is 0 Å². The Morgan fingerprint density at radius 1 is 1.09 bits per heavy atom. The molecule has 0 aliphatic heterocycles. The van der Waals surface area contributed by atoms with Crippen LogP contribution in [0.1, 0.15) is 33.5 Å². The number of nitrogens with one attached hydrogen (secondary N) is 2. The summed E-state index contributed by atoms with van der Waals surface area (Å²) >= 11 is 0. The highest BCUT2D eigenvalue weighted by Crippen LogP contribution is 2.06. The first-order valence-electron chi connectivity index (χ1n) is 7.22. The van der Waals surface area contributed by atoms with Gasteiger partial charge in [-0.3, -0.25) is 9.59 Å². The SMILES string of the molecule is CCc1ncoc1C(=O)NCC#CCNC(=O)c1ccccc1. The van der Waals surface area contributed by atoms with Crippen LogP contribution in [0, 0.1) is 11.8 Å². The van der Waals surface area contributed by atoms with Crippen LogP contribution in [-0.2, 0) is 6.42 Å². The topological polar surface area (TPSA) is 84.2 Å². The van der Waals surface area contributed by atoms with Gasteiger partial charge < -0.3 is 15.1 Å². The van der Waals surface area contributed by atoms with Gasteiger partial charge >= 0.3 is 0 Å². The zero-order valence-electron chi connectivity index (χ0n) is 12.8. The van der Waals surface area contributed by atoms with Gasteiger partial charge in [-0.2, -0.15) is 0 Å². The van der Waals surface area contributed by atoms with Crippen molar-refractivity contribution in [3.63, 3.8) is 0 Å². The molecule has 2 amide bonds. The Bertz CT molecular complexity index is 726. The normalized spacial score (nSPS) is 9.61. The third-order valence-electron chi connectivity index (χ3n) is 3.02. The van der Waals surface area contributed by atoms with E-state index in [1.807, 2.05) is 13.0 Å². The zero-order chi connectivity index (χ0) is 16.5. The molecule has 1 heterocycles. The van der Waals surface area contributed by atoms with Crippen LogP contribution >= 0.6 is 0 Å². The lowest BCUT2D eigenvalue weighted by Crippen LogP contribution is -2.25. The van der Waals surface area contributed by atoms with Gasteiger partial charge in [0.15, 0.2) is 6.39 Å². The number of aryl methyl sites for hydroxylation is 1. The van der Waals surface area contributed by atoms with Gasteiger partial charge in [-0.15, -0.1) is 0 Å². The smallest absolute Gasteiger partial charge is 0.289 e. The van der Waals surface area contributed by atoms with Gasteiger partial charge in [0.25, 0.3) is 11.8 Å². The maximum atomic E-state index is 11.8. The lowest BCUT2D eigenvalue weighted by Gasteiger charge is -2.00. The Hall–Kier alpha value is -3.07. The second-order valence-corrected chi connectivity index (χ2v) is 4.57. The predicted octanol–water partition coefficient (Wildman–Crippen LogP) is 1.40. The summed E-state index contributed by atoms with van der Waals surface area (Å²) in [5.41, 5.74) is 1.20. The first-order valence-corrected chi connectivity index (χ1v) is 7.22. The average molecular weight is 311 g/mol. The Balaban J connectivity index is 1.72. The second kappa shape index (κ2) is 8.39. The van der Waals surface area contributed by atoms with Gasteiger partial charge in [0.2, 0.25) is 5.76 Å². The number of carbonyl (C=O) groups is 2. The van der Waals surface area contributed by atoms with E-state index in [2.05, 4.69) is 27.5 Å². The summed E-state index contributed by atoms with van der Waals surface area (Å²) < 4.78 is 5.05. The average Bonchev–Trinajstić information content (AvgIpc) is 3.07. The van der Waals surface area contributed by atoms with E-state index in [9.17, 15) is 9.59 Å².